The SMILES string of the molecule is COc1ccc(-c2nnc(SCC(=O)O[C@H]3C[C@@H](C)CC[C@@H]3C(C)C)n2CCc2ccccc2)cc1. The van der Waals surface area contributed by atoms with Crippen LogP contribution in [0.2, 0.25) is 0 Å². The average molecular weight is 508 g/mol. The average Bonchev–Trinajstić information content (AvgIpc) is 3.29. The largest absolute Gasteiger partial charge is 0.497 e. The molecular formula is C29H37N3O3S. The van der Waals surface area contributed by atoms with Gasteiger partial charge in [0, 0.05) is 12.1 Å². The van der Waals surface area contributed by atoms with Gasteiger partial charge in [-0.15, -0.1) is 10.2 Å². The summed E-state index contributed by atoms with van der Waals surface area (Å²) < 4.78 is 13.4. The number of hydrogen-bond acceptors (Lipinski definition) is 6. The zero-order chi connectivity index (χ0) is 25.5. The smallest absolute Gasteiger partial charge is 0.316 e. The third kappa shape index (κ3) is 6.69. The predicted molar refractivity (Wildman–Crippen MR) is 144 cm³/mol. The first-order valence-electron chi connectivity index (χ1n) is 12.9. The fraction of sp³-hybridized carbons (Fsp3) is 0.483. The van der Waals surface area contributed by atoms with E-state index in [9.17, 15) is 4.79 Å². The van der Waals surface area contributed by atoms with Crippen molar-refractivity contribution >= 4 is 17.7 Å². The number of methoxy groups -OCH3 is 1. The molecule has 4 rings (SSSR count). The van der Waals surface area contributed by atoms with E-state index in [0.717, 1.165) is 41.6 Å². The van der Waals surface area contributed by atoms with Crippen molar-refractivity contribution in [3.05, 3.63) is 60.2 Å². The van der Waals surface area contributed by atoms with Crippen LogP contribution in [0.3, 0.4) is 0 Å². The van der Waals surface area contributed by atoms with E-state index >= 15 is 0 Å². The van der Waals surface area contributed by atoms with Gasteiger partial charge < -0.3 is 14.0 Å². The maximum absolute atomic E-state index is 12.9. The summed E-state index contributed by atoms with van der Waals surface area (Å²) in [6.45, 7) is 7.42. The number of nitrogens with zero attached hydrogens (tertiary/aromatic N) is 3. The molecule has 1 heterocycles. The van der Waals surface area contributed by atoms with Gasteiger partial charge in [-0.05, 0) is 66.8 Å². The van der Waals surface area contributed by atoms with Crippen LogP contribution in [-0.4, -0.2) is 39.7 Å². The molecule has 2 aromatic carbocycles. The van der Waals surface area contributed by atoms with E-state index in [4.69, 9.17) is 9.47 Å². The highest BCUT2D eigenvalue weighted by atomic mass is 32.2. The molecule has 1 fully saturated rings. The highest BCUT2D eigenvalue weighted by Crippen LogP contribution is 2.35. The summed E-state index contributed by atoms with van der Waals surface area (Å²) in [5.74, 6) is 3.17. The Hall–Kier alpha value is -2.80. The van der Waals surface area contributed by atoms with Gasteiger partial charge in [-0.25, -0.2) is 0 Å². The van der Waals surface area contributed by atoms with Crippen molar-refractivity contribution in [1.82, 2.24) is 14.8 Å². The first-order chi connectivity index (χ1) is 17.4. The first-order valence-corrected chi connectivity index (χ1v) is 13.9. The molecule has 0 N–H and O–H groups in total. The molecule has 3 aromatic rings. The molecule has 0 saturated heterocycles. The molecule has 6 nitrogen and oxygen atoms in total. The molecule has 0 radical (unpaired) electrons. The van der Waals surface area contributed by atoms with Gasteiger partial charge in [0.2, 0.25) is 0 Å². The minimum absolute atomic E-state index is 0.00709. The number of carbonyl (C=O) groups is 1. The van der Waals surface area contributed by atoms with Crippen molar-refractivity contribution < 1.29 is 14.3 Å². The van der Waals surface area contributed by atoms with Gasteiger partial charge in [-0.3, -0.25) is 4.79 Å². The number of aromatic nitrogens is 3. The summed E-state index contributed by atoms with van der Waals surface area (Å²) >= 11 is 1.40. The molecule has 0 amide bonds. The number of aryl methyl sites for hydroxylation is 1. The van der Waals surface area contributed by atoms with E-state index in [1.807, 2.05) is 42.5 Å². The van der Waals surface area contributed by atoms with Gasteiger partial charge in [0.05, 0.1) is 12.9 Å². The number of ether oxygens (including phenoxy) is 2. The van der Waals surface area contributed by atoms with E-state index in [-0.39, 0.29) is 17.8 Å². The fourth-order valence-corrected chi connectivity index (χ4v) is 5.76. The third-order valence-electron chi connectivity index (χ3n) is 7.10. The Kier molecular flexibility index (Phi) is 9.08. The normalized spacial score (nSPS) is 19.9. The summed E-state index contributed by atoms with van der Waals surface area (Å²) in [6, 6.07) is 18.2. The number of carbonyl (C=O) groups excluding carboxylic acids is 1. The van der Waals surface area contributed by atoms with E-state index in [1.54, 1.807) is 7.11 Å². The highest BCUT2D eigenvalue weighted by molar-refractivity contribution is 7.99. The molecule has 0 bridgehead atoms. The van der Waals surface area contributed by atoms with Crippen LogP contribution < -0.4 is 4.74 Å². The summed E-state index contributed by atoms with van der Waals surface area (Å²) in [4.78, 5) is 12.9. The molecule has 7 heteroatoms. The Morgan fingerprint density at radius 1 is 1.08 bits per heavy atom. The van der Waals surface area contributed by atoms with Crippen molar-refractivity contribution in [2.75, 3.05) is 12.9 Å². The molecule has 1 saturated carbocycles. The minimum Gasteiger partial charge on any atom is -0.497 e. The minimum atomic E-state index is -0.173. The topological polar surface area (TPSA) is 66.2 Å². The van der Waals surface area contributed by atoms with E-state index < -0.39 is 0 Å². The quantitative estimate of drug-likeness (QED) is 0.237. The fourth-order valence-electron chi connectivity index (χ4n) is 5.01. The summed E-state index contributed by atoms with van der Waals surface area (Å²) in [6.07, 6.45) is 4.14. The van der Waals surface area contributed by atoms with E-state index in [2.05, 4.69) is 47.7 Å². The zero-order valence-corrected chi connectivity index (χ0v) is 22.5. The van der Waals surface area contributed by atoms with Crippen LogP contribution in [0.5, 0.6) is 5.75 Å². The van der Waals surface area contributed by atoms with E-state index in [1.165, 1.54) is 23.7 Å². The molecular weight excluding hydrogens is 470 g/mol. The lowest BCUT2D eigenvalue weighted by molar-refractivity contribution is -0.152. The van der Waals surface area contributed by atoms with Crippen LogP contribution in [0.4, 0.5) is 0 Å². The molecule has 0 unspecified atom stereocenters. The van der Waals surface area contributed by atoms with Crippen molar-refractivity contribution in [2.45, 2.75) is 64.3 Å². The highest BCUT2D eigenvalue weighted by Gasteiger charge is 2.33. The number of benzene rings is 2. The van der Waals surface area contributed by atoms with Gasteiger partial charge in [-0.2, -0.15) is 0 Å². The Labute approximate surface area is 218 Å². The lowest BCUT2D eigenvalue weighted by Gasteiger charge is -2.36. The van der Waals surface area contributed by atoms with Crippen LogP contribution >= 0.6 is 11.8 Å². The molecule has 192 valence electrons. The van der Waals surface area contributed by atoms with Crippen molar-refractivity contribution in [3.63, 3.8) is 0 Å². The van der Waals surface area contributed by atoms with Crippen molar-refractivity contribution in [2.24, 2.45) is 17.8 Å². The maximum Gasteiger partial charge on any atom is 0.316 e. The first kappa shape index (κ1) is 26.3. The molecule has 36 heavy (non-hydrogen) atoms. The standard InChI is InChI=1S/C29H37N3O3S/c1-20(2)25-15-10-21(3)18-26(25)35-27(33)19-36-29-31-30-28(23-11-13-24(34-4)14-12-23)32(29)17-16-22-8-6-5-7-9-22/h5-9,11-14,20-21,25-26H,10,15-19H2,1-4H3/t21-,25+,26-/m0/s1. The summed E-state index contributed by atoms with van der Waals surface area (Å²) in [5.41, 5.74) is 2.20. The van der Waals surface area contributed by atoms with Crippen molar-refractivity contribution in [1.29, 1.82) is 0 Å². The second-order valence-electron chi connectivity index (χ2n) is 10.1. The molecule has 0 aliphatic heterocycles. The van der Waals surface area contributed by atoms with Gasteiger partial charge in [0.25, 0.3) is 0 Å². The number of rotatable bonds is 10. The zero-order valence-electron chi connectivity index (χ0n) is 21.7. The predicted octanol–water partition coefficient (Wildman–Crippen LogP) is 6.29. The second-order valence-corrected chi connectivity index (χ2v) is 11.0. The monoisotopic (exact) mass is 507 g/mol. The Morgan fingerprint density at radius 2 is 1.83 bits per heavy atom. The van der Waals surface area contributed by atoms with Gasteiger partial charge >= 0.3 is 5.97 Å². The Morgan fingerprint density at radius 3 is 2.53 bits per heavy atom. The van der Waals surface area contributed by atoms with Crippen LogP contribution in [-0.2, 0) is 22.5 Å². The van der Waals surface area contributed by atoms with Crippen LogP contribution in [0, 0.1) is 17.8 Å². The van der Waals surface area contributed by atoms with Gasteiger partial charge in [0.15, 0.2) is 11.0 Å². The van der Waals surface area contributed by atoms with Crippen LogP contribution in [0.15, 0.2) is 59.8 Å². The lowest BCUT2D eigenvalue weighted by Crippen LogP contribution is -2.36. The molecule has 3 atom stereocenters. The number of esters is 1. The number of hydrogen-bond donors (Lipinski definition) is 0. The third-order valence-corrected chi connectivity index (χ3v) is 8.04. The van der Waals surface area contributed by atoms with Crippen LogP contribution in [0.1, 0.15) is 45.6 Å². The molecule has 1 aliphatic carbocycles. The van der Waals surface area contributed by atoms with Gasteiger partial charge in [-0.1, -0.05) is 69.3 Å². The maximum atomic E-state index is 12.9. The van der Waals surface area contributed by atoms with E-state index in [0.29, 0.717) is 24.3 Å². The Balaban J connectivity index is 1.47. The molecule has 1 aromatic heterocycles. The Bertz CT molecular complexity index is 1110. The molecule has 1 aliphatic rings. The van der Waals surface area contributed by atoms with Gasteiger partial charge in [0.1, 0.15) is 11.9 Å². The lowest BCUT2D eigenvalue weighted by atomic mass is 9.75. The summed E-state index contributed by atoms with van der Waals surface area (Å²) in [7, 11) is 1.66. The van der Waals surface area contributed by atoms with Crippen molar-refractivity contribution in [3.8, 4) is 17.1 Å². The second kappa shape index (κ2) is 12.4. The van der Waals surface area contributed by atoms with Crippen LogP contribution in [0.25, 0.3) is 11.4 Å². The summed E-state index contributed by atoms with van der Waals surface area (Å²) in [5, 5.41) is 9.68. The number of thioether (sulfide) groups is 1. The molecule has 0 spiro atoms.